The summed E-state index contributed by atoms with van der Waals surface area (Å²) in [5, 5.41) is 2.80. The van der Waals surface area contributed by atoms with Gasteiger partial charge >= 0.3 is 6.01 Å². The van der Waals surface area contributed by atoms with Gasteiger partial charge in [0.1, 0.15) is 5.69 Å². The molecule has 1 atom stereocenters. The van der Waals surface area contributed by atoms with Crippen LogP contribution in [0.2, 0.25) is 0 Å². The summed E-state index contributed by atoms with van der Waals surface area (Å²) in [4.78, 5) is 25.5. The van der Waals surface area contributed by atoms with Crippen LogP contribution < -0.4 is 20.7 Å². The number of nitrogens with zero attached hydrogens (tertiary/aromatic N) is 4. The molecule has 1 amide bonds. The molecule has 8 nitrogen and oxygen atoms in total. The fraction of sp³-hybridized carbons (Fsp3) is 0.522. The molecule has 0 radical (unpaired) electrons. The van der Waals surface area contributed by atoms with Crippen LogP contribution in [0, 0.1) is 0 Å². The Balaban J connectivity index is 1.51. The minimum absolute atomic E-state index is 0.123. The normalized spacial score (nSPS) is 17.4. The molecule has 0 bridgehead atoms. The minimum Gasteiger partial charge on any atom is -0.463 e. The Morgan fingerprint density at radius 1 is 1.19 bits per heavy atom. The number of nitrogens with one attached hydrogen (secondary N) is 1. The molecular weight excluding hydrogens is 392 g/mol. The van der Waals surface area contributed by atoms with Crippen LogP contribution in [0.4, 0.5) is 17.3 Å². The van der Waals surface area contributed by atoms with Crippen LogP contribution in [-0.4, -0.2) is 47.0 Å². The van der Waals surface area contributed by atoms with Gasteiger partial charge in [-0.15, -0.1) is 0 Å². The summed E-state index contributed by atoms with van der Waals surface area (Å²) >= 11 is 0. The van der Waals surface area contributed by atoms with Gasteiger partial charge in [-0.3, -0.25) is 9.69 Å². The Bertz CT molecular complexity index is 911. The number of benzene rings is 1. The number of carbonyl (C=O) groups is 1. The Hall–Kier alpha value is -2.87. The van der Waals surface area contributed by atoms with Gasteiger partial charge < -0.3 is 20.7 Å². The largest absolute Gasteiger partial charge is 0.463 e. The molecule has 3 heterocycles. The van der Waals surface area contributed by atoms with E-state index in [1.54, 1.807) is 0 Å². The monoisotopic (exact) mass is 424 g/mol. The van der Waals surface area contributed by atoms with Crippen LogP contribution in [0.25, 0.3) is 0 Å². The predicted molar refractivity (Wildman–Crippen MR) is 122 cm³/mol. The summed E-state index contributed by atoms with van der Waals surface area (Å²) < 4.78 is 5.66. The van der Waals surface area contributed by atoms with Gasteiger partial charge in [0, 0.05) is 12.6 Å². The molecular formula is C23H32N6O2. The van der Waals surface area contributed by atoms with Gasteiger partial charge in [-0.2, -0.15) is 9.97 Å². The van der Waals surface area contributed by atoms with E-state index >= 15 is 0 Å². The molecule has 1 aromatic heterocycles. The number of anilines is 3. The molecule has 3 N–H and O–H groups in total. The van der Waals surface area contributed by atoms with Crippen LogP contribution in [-0.2, 0) is 11.3 Å². The number of hydrogen-bond donors (Lipinski definition) is 2. The molecule has 2 aliphatic heterocycles. The predicted octanol–water partition coefficient (Wildman–Crippen LogP) is 3.35. The quantitative estimate of drug-likeness (QED) is 0.627. The summed E-state index contributed by atoms with van der Waals surface area (Å²) in [6.45, 7) is 8.02. The first-order valence-electron chi connectivity index (χ1n) is 11.2. The van der Waals surface area contributed by atoms with Gasteiger partial charge in [0.15, 0.2) is 11.6 Å². The smallest absolute Gasteiger partial charge is 0.320 e. The molecule has 31 heavy (non-hydrogen) atoms. The zero-order chi connectivity index (χ0) is 21.8. The van der Waals surface area contributed by atoms with Gasteiger partial charge in [-0.05, 0) is 50.4 Å². The second-order valence-corrected chi connectivity index (χ2v) is 8.36. The first-order chi connectivity index (χ1) is 15.0. The van der Waals surface area contributed by atoms with Crippen molar-refractivity contribution >= 4 is 23.2 Å². The van der Waals surface area contributed by atoms with E-state index in [0.717, 1.165) is 18.4 Å². The molecule has 2 aliphatic rings. The molecule has 2 aromatic rings. The van der Waals surface area contributed by atoms with E-state index in [1.165, 1.54) is 31.5 Å². The van der Waals surface area contributed by atoms with Gasteiger partial charge in [0.2, 0.25) is 5.91 Å². The highest BCUT2D eigenvalue weighted by molar-refractivity contribution is 6.03. The number of nitrogens with two attached hydrogens (primary N) is 1. The molecule has 166 valence electrons. The second-order valence-electron chi connectivity index (χ2n) is 8.36. The van der Waals surface area contributed by atoms with Crippen molar-refractivity contribution in [3.8, 4) is 6.01 Å². The van der Waals surface area contributed by atoms with Crippen molar-refractivity contribution in [3.63, 3.8) is 0 Å². The zero-order valence-electron chi connectivity index (χ0n) is 18.4. The van der Waals surface area contributed by atoms with E-state index in [-0.39, 0.29) is 24.3 Å². The van der Waals surface area contributed by atoms with Crippen LogP contribution in [0.15, 0.2) is 24.3 Å². The number of nitrogen functional groups attached to an aromatic ring is 1. The second kappa shape index (κ2) is 9.51. The fourth-order valence-electron chi connectivity index (χ4n) is 4.19. The number of unbranched alkanes of at least 4 members (excludes halogenated alkanes) is 1. The molecule has 1 aromatic carbocycles. The van der Waals surface area contributed by atoms with Crippen molar-refractivity contribution in [3.05, 3.63) is 35.4 Å². The Morgan fingerprint density at radius 2 is 1.94 bits per heavy atom. The summed E-state index contributed by atoms with van der Waals surface area (Å²) in [6, 6.07) is 9.33. The van der Waals surface area contributed by atoms with Gasteiger partial charge in [-0.25, -0.2) is 0 Å². The summed E-state index contributed by atoms with van der Waals surface area (Å²) in [5.41, 5.74) is 8.99. The molecule has 0 saturated carbocycles. The lowest BCUT2D eigenvalue weighted by molar-refractivity contribution is -0.115. The molecule has 8 heteroatoms. The van der Waals surface area contributed by atoms with E-state index in [0.29, 0.717) is 30.7 Å². The van der Waals surface area contributed by atoms with Gasteiger partial charge in [-0.1, -0.05) is 37.6 Å². The lowest BCUT2D eigenvalue weighted by atomic mass is 10.0. The lowest BCUT2D eigenvalue weighted by Crippen LogP contribution is -2.39. The maximum Gasteiger partial charge on any atom is 0.320 e. The molecule has 1 fully saturated rings. The number of hydrogen-bond acceptors (Lipinski definition) is 7. The maximum atomic E-state index is 12.3. The lowest BCUT2D eigenvalue weighted by Gasteiger charge is -2.30. The third-order valence-corrected chi connectivity index (χ3v) is 6.05. The van der Waals surface area contributed by atoms with E-state index in [9.17, 15) is 4.79 Å². The van der Waals surface area contributed by atoms with E-state index in [1.807, 2.05) is 4.90 Å². The number of likely N-dealkylation sites (tertiary alicyclic amines) is 1. The zero-order valence-corrected chi connectivity index (χ0v) is 18.4. The van der Waals surface area contributed by atoms with Crippen molar-refractivity contribution in [1.29, 1.82) is 0 Å². The van der Waals surface area contributed by atoms with Crippen molar-refractivity contribution < 1.29 is 9.53 Å². The Labute approximate surface area is 183 Å². The van der Waals surface area contributed by atoms with Crippen molar-refractivity contribution in [2.45, 2.75) is 52.1 Å². The minimum atomic E-state index is -0.123. The van der Waals surface area contributed by atoms with Crippen LogP contribution in [0.5, 0.6) is 6.01 Å². The summed E-state index contributed by atoms with van der Waals surface area (Å²) in [6.07, 6.45) is 4.51. The standard InChI is InChI=1S/C23H32N6O2/c1-3-4-13-31-23-26-21(24)20-22(27-23)29(15-19(30)25-20)14-17-7-9-18(10-8-17)16(2)28-11-5-6-12-28/h7-10,16H,3-6,11-15H2,1-2H3,(H,25,30)(H2,24,26,27). The highest BCUT2D eigenvalue weighted by Gasteiger charge is 2.27. The van der Waals surface area contributed by atoms with E-state index < -0.39 is 0 Å². The summed E-state index contributed by atoms with van der Waals surface area (Å²) in [5.74, 6) is 0.708. The molecule has 1 saturated heterocycles. The average Bonchev–Trinajstić information content (AvgIpc) is 3.30. The van der Waals surface area contributed by atoms with Crippen molar-refractivity contribution in [2.24, 2.45) is 0 Å². The van der Waals surface area contributed by atoms with Gasteiger partial charge in [0.05, 0.1) is 13.2 Å². The first-order valence-corrected chi connectivity index (χ1v) is 11.2. The highest BCUT2D eigenvalue weighted by atomic mass is 16.5. The fourth-order valence-corrected chi connectivity index (χ4v) is 4.19. The highest BCUT2D eigenvalue weighted by Crippen LogP contribution is 2.34. The maximum absolute atomic E-state index is 12.3. The third kappa shape index (κ3) is 4.90. The van der Waals surface area contributed by atoms with E-state index in [2.05, 4.69) is 58.3 Å². The Kier molecular flexibility index (Phi) is 6.56. The average molecular weight is 425 g/mol. The molecule has 4 rings (SSSR count). The summed E-state index contributed by atoms with van der Waals surface area (Å²) in [7, 11) is 0. The number of aromatic nitrogens is 2. The molecule has 1 unspecified atom stereocenters. The van der Waals surface area contributed by atoms with Crippen LogP contribution >= 0.6 is 0 Å². The molecule has 0 spiro atoms. The number of amides is 1. The van der Waals surface area contributed by atoms with Crippen molar-refractivity contribution in [1.82, 2.24) is 14.9 Å². The number of rotatable bonds is 8. The Morgan fingerprint density at radius 3 is 2.65 bits per heavy atom. The van der Waals surface area contributed by atoms with Crippen LogP contribution in [0.3, 0.4) is 0 Å². The third-order valence-electron chi connectivity index (χ3n) is 6.05. The number of ether oxygens (including phenoxy) is 1. The SMILES string of the molecule is CCCCOc1nc(N)c2c(n1)N(Cc1ccc(C(C)N3CCCC3)cc1)CC(=O)N2. The molecule has 0 aliphatic carbocycles. The topological polar surface area (TPSA) is 96.6 Å². The van der Waals surface area contributed by atoms with Crippen molar-refractivity contribution in [2.75, 3.05) is 42.2 Å². The first kappa shape index (κ1) is 21.4. The van der Waals surface area contributed by atoms with Crippen LogP contribution in [0.1, 0.15) is 56.7 Å². The van der Waals surface area contributed by atoms with E-state index in [4.69, 9.17) is 10.5 Å². The van der Waals surface area contributed by atoms with Gasteiger partial charge in [0.25, 0.3) is 0 Å². The number of fused-ring (bicyclic) bond motifs is 1. The number of carbonyl (C=O) groups excluding carboxylic acids is 1.